The van der Waals surface area contributed by atoms with Crippen LogP contribution >= 0.6 is 11.6 Å². The quantitative estimate of drug-likeness (QED) is 0.636. The molecule has 0 spiro atoms. The zero-order valence-electron chi connectivity index (χ0n) is 16.1. The number of benzene rings is 1. The van der Waals surface area contributed by atoms with Gasteiger partial charge >= 0.3 is 0 Å². The number of fused-ring (bicyclic) bond motifs is 1. The van der Waals surface area contributed by atoms with E-state index in [4.69, 9.17) is 16.3 Å². The van der Waals surface area contributed by atoms with Crippen molar-refractivity contribution in [2.24, 2.45) is 0 Å². The van der Waals surface area contributed by atoms with Gasteiger partial charge in [0, 0.05) is 45.2 Å². The minimum absolute atomic E-state index is 0.565. The van der Waals surface area contributed by atoms with Gasteiger partial charge in [-0.3, -0.25) is 9.58 Å². The molecule has 2 aromatic heterocycles. The normalized spacial score (nSPS) is 18.3. The molecule has 3 heterocycles. The van der Waals surface area contributed by atoms with Crippen LogP contribution in [0.4, 0.5) is 5.69 Å². The van der Waals surface area contributed by atoms with Crippen LogP contribution in [0.25, 0.3) is 16.6 Å². The van der Waals surface area contributed by atoms with Gasteiger partial charge in [-0.15, -0.1) is 0 Å². The smallest absolute Gasteiger partial charge is 0.103 e. The van der Waals surface area contributed by atoms with Gasteiger partial charge in [-0.05, 0) is 25.0 Å². The fourth-order valence-electron chi connectivity index (χ4n) is 3.89. The lowest BCUT2D eigenvalue weighted by molar-refractivity contribution is 0.144. The fourth-order valence-corrected chi connectivity index (χ4v) is 4.18. The Morgan fingerprint density at radius 2 is 1.93 bits per heavy atom. The second-order valence-electron chi connectivity index (χ2n) is 7.65. The van der Waals surface area contributed by atoms with E-state index in [2.05, 4.69) is 36.9 Å². The molecule has 1 aliphatic carbocycles. The molecule has 1 aromatic carbocycles. The number of methoxy groups -OCH3 is 1. The van der Waals surface area contributed by atoms with Crippen molar-refractivity contribution in [2.75, 3.05) is 51.3 Å². The molecule has 1 saturated heterocycles. The van der Waals surface area contributed by atoms with E-state index in [0.29, 0.717) is 6.04 Å². The summed E-state index contributed by atoms with van der Waals surface area (Å²) >= 11 is 6.64. The predicted octanol–water partition coefficient (Wildman–Crippen LogP) is 2.98. The molecule has 2 fully saturated rings. The number of halogens is 1. The Morgan fingerprint density at radius 3 is 2.68 bits per heavy atom. The highest BCUT2D eigenvalue weighted by Crippen LogP contribution is 2.35. The van der Waals surface area contributed by atoms with E-state index in [9.17, 15) is 0 Å². The number of rotatable bonds is 6. The highest BCUT2D eigenvalue weighted by molar-refractivity contribution is 6.34. The van der Waals surface area contributed by atoms with Crippen molar-refractivity contribution in [3.05, 3.63) is 35.7 Å². The van der Waals surface area contributed by atoms with Crippen LogP contribution in [0.3, 0.4) is 0 Å². The molecule has 7 nitrogen and oxygen atoms in total. The molecule has 0 bridgehead atoms. The minimum atomic E-state index is 0.565. The second kappa shape index (κ2) is 7.39. The molecule has 148 valence electrons. The summed E-state index contributed by atoms with van der Waals surface area (Å²) in [5, 5.41) is 10.9. The van der Waals surface area contributed by atoms with Crippen molar-refractivity contribution < 1.29 is 4.74 Å². The summed E-state index contributed by atoms with van der Waals surface area (Å²) in [6.45, 7) is 5.72. The molecule has 5 rings (SSSR count). The average Bonchev–Trinajstić information content (AvgIpc) is 3.31. The number of aromatic nitrogens is 4. The predicted molar refractivity (Wildman–Crippen MR) is 111 cm³/mol. The molecule has 28 heavy (non-hydrogen) atoms. The molecule has 0 unspecified atom stereocenters. The minimum Gasteiger partial charge on any atom is -0.383 e. The van der Waals surface area contributed by atoms with E-state index in [0.717, 1.165) is 66.6 Å². The molecule has 1 aliphatic heterocycles. The topological polar surface area (TPSA) is 51.4 Å². The van der Waals surface area contributed by atoms with Gasteiger partial charge in [0.15, 0.2) is 0 Å². The Kier molecular flexibility index (Phi) is 4.74. The lowest BCUT2D eigenvalue weighted by Crippen LogP contribution is -2.47. The fraction of sp³-hybridized carbons (Fsp3) is 0.500. The van der Waals surface area contributed by atoms with Crippen molar-refractivity contribution in [3.8, 4) is 5.69 Å². The van der Waals surface area contributed by atoms with Gasteiger partial charge in [0.25, 0.3) is 0 Å². The number of hydrogen-bond acceptors (Lipinski definition) is 5. The highest BCUT2D eigenvalue weighted by atomic mass is 35.5. The van der Waals surface area contributed by atoms with Crippen LogP contribution in [0.5, 0.6) is 0 Å². The Hall–Kier alpha value is -2.09. The summed E-state index contributed by atoms with van der Waals surface area (Å²) in [7, 11) is 1.75. The van der Waals surface area contributed by atoms with Gasteiger partial charge in [0.05, 0.1) is 47.5 Å². The Bertz CT molecular complexity index is 970. The van der Waals surface area contributed by atoms with Gasteiger partial charge in [0.1, 0.15) is 5.69 Å². The molecular weight excluding hydrogens is 376 g/mol. The third kappa shape index (κ3) is 3.38. The van der Waals surface area contributed by atoms with E-state index in [-0.39, 0.29) is 0 Å². The third-order valence-corrected chi connectivity index (χ3v) is 6.02. The van der Waals surface area contributed by atoms with E-state index >= 15 is 0 Å². The maximum Gasteiger partial charge on any atom is 0.103 e. The first-order valence-corrected chi connectivity index (χ1v) is 10.3. The number of piperazine rings is 1. The van der Waals surface area contributed by atoms with Crippen LogP contribution in [0.2, 0.25) is 5.02 Å². The maximum atomic E-state index is 6.64. The van der Waals surface area contributed by atoms with Gasteiger partial charge in [-0.25, -0.2) is 4.68 Å². The molecule has 2 aliphatic rings. The zero-order valence-corrected chi connectivity index (χ0v) is 16.8. The third-order valence-electron chi connectivity index (χ3n) is 5.71. The van der Waals surface area contributed by atoms with Crippen LogP contribution in [0.1, 0.15) is 18.9 Å². The average molecular weight is 401 g/mol. The first-order valence-electron chi connectivity index (χ1n) is 9.91. The van der Waals surface area contributed by atoms with Crippen molar-refractivity contribution in [2.45, 2.75) is 18.9 Å². The number of hydrogen-bond donors (Lipinski definition) is 0. The molecule has 1 saturated carbocycles. The number of nitrogens with zero attached hydrogens (tertiary/aromatic N) is 6. The van der Waals surface area contributed by atoms with Gasteiger partial charge in [0.2, 0.25) is 0 Å². The van der Waals surface area contributed by atoms with Crippen molar-refractivity contribution in [1.82, 2.24) is 24.5 Å². The lowest BCUT2D eigenvalue weighted by Gasteiger charge is -2.36. The Morgan fingerprint density at radius 1 is 1.11 bits per heavy atom. The molecule has 0 amide bonds. The van der Waals surface area contributed by atoms with Crippen LogP contribution in [-0.4, -0.2) is 70.9 Å². The molecule has 3 aromatic rings. The first-order chi connectivity index (χ1) is 13.7. The second-order valence-corrected chi connectivity index (χ2v) is 8.06. The number of anilines is 1. The largest absolute Gasteiger partial charge is 0.383 e. The summed E-state index contributed by atoms with van der Waals surface area (Å²) < 4.78 is 9.22. The van der Waals surface area contributed by atoms with E-state index < -0.39 is 0 Å². The Balaban J connectivity index is 1.41. The van der Waals surface area contributed by atoms with Crippen LogP contribution in [0.15, 0.2) is 30.7 Å². The molecular formula is C20H25ClN6O. The molecule has 8 heteroatoms. The van der Waals surface area contributed by atoms with Crippen LogP contribution in [0, 0.1) is 0 Å². The summed E-state index contributed by atoms with van der Waals surface area (Å²) in [4.78, 5) is 4.80. The zero-order chi connectivity index (χ0) is 19.1. The Labute approximate surface area is 169 Å². The summed E-state index contributed by atoms with van der Waals surface area (Å²) in [5.41, 5.74) is 3.15. The monoisotopic (exact) mass is 400 g/mol. The summed E-state index contributed by atoms with van der Waals surface area (Å²) in [6, 6.07) is 4.76. The maximum absolute atomic E-state index is 6.64. The van der Waals surface area contributed by atoms with Crippen molar-refractivity contribution in [3.63, 3.8) is 0 Å². The van der Waals surface area contributed by atoms with Gasteiger partial charge in [-0.1, -0.05) is 11.6 Å². The summed E-state index contributed by atoms with van der Waals surface area (Å²) in [6.07, 6.45) is 8.30. The van der Waals surface area contributed by atoms with E-state index in [1.54, 1.807) is 7.11 Å². The van der Waals surface area contributed by atoms with E-state index in [1.807, 2.05) is 23.1 Å². The molecule has 0 radical (unpaired) electrons. The van der Waals surface area contributed by atoms with Crippen molar-refractivity contribution >= 4 is 28.2 Å². The summed E-state index contributed by atoms with van der Waals surface area (Å²) in [5.74, 6) is 0. The molecule has 0 atom stereocenters. The lowest BCUT2D eigenvalue weighted by atomic mass is 10.2. The molecule has 0 N–H and O–H groups in total. The van der Waals surface area contributed by atoms with Crippen LogP contribution in [-0.2, 0) is 4.74 Å². The van der Waals surface area contributed by atoms with E-state index in [1.165, 1.54) is 12.8 Å². The van der Waals surface area contributed by atoms with Gasteiger partial charge in [-0.2, -0.15) is 10.2 Å². The number of ether oxygens (including phenoxy) is 1. The van der Waals surface area contributed by atoms with Gasteiger partial charge < -0.3 is 9.64 Å². The standard InChI is InChI=1S/C20H25ClN6O/c1-28-9-8-24-4-6-25(7-5-24)20-11-19-15(10-18(20)21)12-23-27(19)17-13-22-26(14-17)16-2-3-16/h10-14,16H,2-9H2,1H3. The highest BCUT2D eigenvalue weighted by Gasteiger charge is 2.25. The SMILES string of the molecule is COCCN1CCN(c2cc3c(cnn3-c3cnn(C4CC4)c3)cc2Cl)CC1. The van der Waals surface area contributed by atoms with Crippen molar-refractivity contribution in [1.29, 1.82) is 0 Å². The van der Waals surface area contributed by atoms with Crippen LogP contribution < -0.4 is 4.90 Å². The first kappa shape index (κ1) is 18.0.